The van der Waals surface area contributed by atoms with Crippen LogP contribution in [0, 0.1) is 0 Å². The molecule has 3 aromatic rings. The molecule has 0 aliphatic carbocycles. The molecule has 2 unspecified atom stereocenters. The van der Waals surface area contributed by atoms with Crippen molar-refractivity contribution < 1.29 is 19.1 Å². The second-order valence-electron chi connectivity index (χ2n) is 8.20. The van der Waals surface area contributed by atoms with Gasteiger partial charge in [-0.25, -0.2) is 9.78 Å². The zero-order valence-electron chi connectivity index (χ0n) is 19.2. The molecule has 1 aliphatic heterocycles. The van der Waals surface area contributed by atoms with Gasteiger partial charge in [-0.2, -0.15) is 0 Å². The van der Waals surface area contributed by atoms with Gasteiger partial charge in [0.15, 0.2) is 5.78 Å². The largest absolute Gasteiger partial charge is 0.417 e. The molecule has 2 heterocycles. The van der Waals surface area contributed by atoms with E-state index in [2.05, 4.69) is 29.0 Å². The summed E-state index contributed by atoms with van der Waals surface area (Å²) in [6, 6.07) is 19.9. The summed E-state index contributed by atoms with van der Waals surface area (Å²) in [7, 11) is 0. The second kappa shape index (κ2) is 10.8. The predicted octanol–water partition coefficient (Wildman–Crippen LogP) is 5.20. The van der Waals surface area contributed by atoms with Gasteiger partial charge in [-0.05, 0) is 80.1 Å². The highest BCUT2D eigenvalue weighted by Crippen LogP contribution is 2.22. The summed E-state index contributed by atoms with van der Waals surface area (Å²) in [5, 5.41) is 2.64. The number of hydrogen-bond acceptors (Lipinski definition) is 6. The molecule has 0 radical (unpaired) electrons. The molecule has 0 spiro atoms. The lowest BCUT2D eigenvalue weighted by Gasteiger charge is -2.39. The Labute approximate surface area is 199 Å². The van der Waals surface area contributed by atoms with E-state index >= 15 is 0 Å². The number of allylic oxidation sites excluding steroid dienone is 1. The number of nitrogens with zero attached hydrogens (tertiary/aromatic N) is 2. The lowest BCUT2D eigenvalue weighted by atomic mass is 10.1. The fourth-order valence-electron chi connectivity index (χ4n) is 3.83. The average Bonchev–Trinajstić information content (AvgIpc) is 2.84. The van der Waals surface area contributed by atoms with Gasteiger partial charge in [0.1, 0.15) is 11.6 Å². The normalized spacial score (nSPS) is 18.0. The summed E-state index contributed by atoms with van der Waals surface area (Å²) in [6.45, 7) is 5.61. The maximum absolute atomic E-state index is 12.6. The predicted molar refractivity (Wildman–Crippen MR) is 132 cm³/mol. The highest BCUT2D eigenvalue weighted by Gasteiger charge is 2.26. The highest BCUT2D eigenvalue weighted by molar-refractivity contribution is 6.07. The smallest absolute Gasteiger partial charge is 0.410 e. The molecule has 1 amide bonds. The first-order valence-corrected chi connectivity index (χ1v) is 11.2. The molecule has 1 aromatic heterocycles. The van der Waals surface area contributed by atoms with E-state index in [1.165, 1.54) is 6.08 Å². The Morgan fingerprint density at radius 2 is 1.71 bits per heavy atom. The van der Waals surface area contributed by atoms with Crippen LogP contribution in [0.3, 0.4) is 0 Å². The number of pyridine rings is 1. The van der Waals surface area contributed by atoms with E-state index in [-0.39, 0.29) is 17.9 Å². The van der Waals surface area contributed by atoms with E-state index in [9.17, 15) is 9.59 Å². The minimum absolute atomic E-state index is 0.141. The summed E-state index contributed by atoms with van der Waals surface area (Å²) in [5.74, 6) is 1.21. The first kappa shape index (κ1) is 23.2. The third-order valence-electron chi connectivity index (χ3n) is 5.50. The fourth-order valence-corrected chi connectivity index (χ4v) is 3.83. The Balaban J connectivity index is 1.33. The van der Waals surface area contributed by atoms with E-state index in [0.29, 0.717) is 30.2 Å². The Morgan fingerprint density at radius 3 is 2.35 bits per heavy atom. The molecule has 34 heavy (non-hydrogen) atoms. The van der Waals surface area contributed by atoms with Crippen molar-refractivity contribution in [1.29, 1.82) is 0 Å². The number of ketones is 1. The molecular weight excluding hydrogens is 430 g/mol. The van der Waals surface area contributed by atoms with Gasteiger partial charge < -0.3 is 14.4 Å². The van der Waals surface area contributed by atoms with Gasteiger partial charge in [-0.15, -0.1) is 0 Å². The van der Waals surface area contributed by atoms with Gasteiger partial charge in [0.2, 0.25) is 0 Å². The van der Waals surface area contributed by atoms with E-state index in [1.807, 2.05) is 18.2 Å². The van der Waals surface area contributed by atoms with Crippen molar-refractivity contribution in [2.75, 3.05) is 23.4 Å². The number of amides is 1. The molecule has 174 valence electrons. The summed E-state index contributed by atoms with van der Waals surface area (Å²) >= 11 is 0. The number of ether oxygens (including phenoxy) is 2. The average molecular weight is 458 g/mol. The molecule has 1 fully saturated rings. The highest BCUT2D eigenvalue weighted by atomic mass is 16.6. The van der Waals surface area contributed by atoms with E-state index in [1.54, 1.807) is 60.8 Å². The molecule has 0 bridgehead atoms. The Hall–Kier alpha value is -3.97. The molecule has 1 saturated heterocycles. The first-order chi connectivity index (χ1) is 16.5. The zero-order chi connectivity index (χ0) is 23.9. The number of morpholine rings is 1. The minimum Gasteiger partial charge on any atom is -0.410 e. The van der Waals surface area contributed by atoms with E-state index < -0.39 is 6.09 Å². The van der Waals surface area contributed by atoms with Crippen molar-refractivity contribution in [1.82, 2.24) is 4.98 Å². The molecule has 1 N–H and O–H groups in total. The lowest BCUT2D eigenvalue weighted by Crippen LogP contribution is -2.50. The van der Waals surface area contributed by atoms with Crippen molar-refractivity contribution in [3.8, 4) is 5.75 Å². The quantitative estimate of drug-likeness (QED) is 0.405. The van der Waals surface area contributed by atoms with Crippen LogP contribution >= 0.6 is 0 Å². The summed E-state index contributed by atoms with van der Waals surface area (Å²) < 4.78 is 10.8. The van der Waals surface area contributed by atoms with Crippen LogP contribution in [-0.4, -0.2) is 42.2 Å². The molecule has 7 nitrogen and oxygen atoms in total. The van der Waals surface area contributed by atoms with Crippen molar-refractivity contribution >= 4 is 29.5 Å². The third kappa shape index (κ3) is 5.88. The molecule has 7 heteroatoms. The molecule has 0 saturated carbocycles. The molecule has 1 aliphatic rings. The molecule has 2 atom stereocenters. The second-order valence-corrected chi connectivity index (χ2v) is 8.20. The molecule has 4 rings (SSSR count). The van der Waals surface area contributed by atoms with Crippen molar-refractivity contribution in [2.45, 2.75) is 25.9 Å². The van der Waals surface area contributed by atoms with Gasteiger partial charge >= 0.3 is 6.09 Å². The summed E-state index contributed by atoms with van der Waals surface area (Å²) in [6.07, 6.45) is 4.43. The zero-order valence-corrected chi connectivity index (χ0v) is 19.2. The Bertz CT molecular complexity index is 1130. The van der Waals surface area contributed by atoms with E-state index in [0.717, 1.165) is 11.4 Å². The van der Waals surface area contributed by atoms with Crippen LogP contribution in [0.15, 0.2) is 79.0 Å². The number of carbonyl (C=O) groups is 2. The van der Waals surface area contributed by atoms with Crippen molar-refractivity contribution in [3.63, 3.8) is 0 Å². The van der Waals surface area contributed by atoms with Gasteiger partial charge in [-0.1, -0.05) is 18.2 Å². The fraction of sp³-hybridized carbons (Fsp3) is 0.222. The lowest BCUT2D eigenvalue weighted by molar-refractivity contribution is 0.0752. The van der Waals surface area contributed by atoms with Crippen LogP contribution in [0.4, 0.5) is 16.3 Å². The van der Waals surface area contributed by atoms with Crippen LogP contribution in [0.5, 0.6) is 5.75 Å². The number of nitrogens with one attached hydrogen (secondary N) is 1. The molecule has 2 aromatic carbocycles. The van der Waals surface area contributed by atoms with Gasteiger partial charge in [0, 0.05) is 17.4 Å². The monoisotopic (exact) mass is 457 g/mol. The first-order valence-electron chi connectivity index (χ1n) is 11.2. The number of hydrogen-bond donors (Lipinski definition) is 1. The number of rotatable bonds is 6. The SMILES string of the molecule is CC1COCC(C)N1c1ccc(C=CC(=O)c2ccc(NC(=O)Oc3ccccc3)cc2)cn1. The number of benzene rings is 2. The Morgan fingerprint density at radius 1 is 1.00 bits per heavy atom. The summed E-state index contributed by atoms with van der Waals surface area (Å²) in [4.78, 5) is 31.4. The maximum Gasteiger partial charge on any atom is 0.417 e. The topological polar surface area (TPSA) is 80.8 Å². The van der Waals surface area contributed by atoms with Crippen molar-refractivity contribution in [2.24, 2.45) is 0 Å². The number of carbonyl (C=O) groups excluding carboxylic acids is 2. The number of anilines is 2. The van der Waals surface area contributed by atoms with Crippen molar-refractivity contribution in [3.05, 3.63) is 90.1 Å². The van der Waals surface area contributed by atoms with Gasteiger partial charge in [0.25, 0.3) is 0 Å². The van der Waals surface area contributed by atoms with Crippen LogP contribution in [0.1, 0.15) is 29.8 Å². The van der Waals surface area contributed by atoms with E-state index in [4.69, 9.17) is 9.47 Å². The molecular formula is C27H27N3O4. The Kier molecular flexibility index (Phi) is 7.34. The minimum atomic E-state index is -0.595. The van der Waals surface area contributed by atoms with Crippen LogP contribution in [-0.2, 0) is 4.74 Å². The standard InChI is InChI=1S/C27H27N3O4/c1-19-17-33-18-20(2)30(19)26-15-9-21(16-28-26)8-14-25(31)22-10-12-23(13-11-22)29-27(32)34-24-6-4-3-5-7-24/h3-16,19-20H,17-18H2,1-2H3,(H,29,32). The maximum atomic E-state index is 12.6. The summed E-state index contributed by atoms with van der Waals surface area (Å²) in [5.41, 5.74) is 1.89. The van der Waals surface area contributed by atoms with Gasteiger partial charge in [0.05, 0.1) is 25.3 Å². The number of aromatic nitrogens is 1. The third-order valence-corrected chi connectivity index (χ3v) is 5.50. The van der Waals surface area contributed by atoms with Crippen LogP contribution in [0.2, 0.25) is 0 Å². The van der Waals surface area contributed by atoms with Gasteiger partial charge in [-0.3, -0.25) is 10.1 Å². The number of para-hydroxylation sites is 1. The van der Waals surface area contributed by atoms with Crippen LogP contribution < -0.4 is 15.0 Å². The van der Waals surface area contributed by atoms with Crippen LogP contribution in [0.25, 0.3) is 6.08 Å².